The van der Waals surface area contributed by atoms with Crippen molar-refractivity contribution in [3.8, 4) is 0 Å². The molecule has 0 amide bonds. The fourth-order valence-electron chi connectivity index (χ4n) is 1.13. The Morgan fingerprint density at radius 1 is 1.50 bits per heavy atom. The molecule has 0 spiro atoms. The van der Waals surface area contributed by atoms with Crippen LogP contribution in [-0.2, 0) is 6.54 Å². The third-order valence-electron chi connectivity index (χ3n) is 2.20. The van der Waals surface area contributed by atoms with E-state index in [2.05, 4.69) is 9.97 Å². The minimum absolute atomic E-state index is 0.0111. The number of hydrogen-bond donors (Lipinski definition) is 2. The molecule has 5 heteroatoms. The van der Waals surface area contributed by atoms with Crippen molar-refractivity contribution in [1.82, 2.24) is 9.97 Å². The molecule has 78 valence electrons. The molecule has 0 bridgehead atoms. The van der Waals surface area contributed by atoms with Crippen molar-refractivity contribution in [2.75, 3.05) is 18.6 Å². The molecule has 14 heavy (non-hydrogen) atoms. The average Bonchev–Trinajstić information content (AvgIpc) is 2.26. The number of aromatic nitrogens is 2. The quantitative estimate of drug-likeness (QED) is 0.694. The van der Waals surface area contributed by atoms with Gasteiger partial charge in [0.25, 0.3) is 0 Å². The van der Waals surface area contributed by atoms with E-state index in [0.29, 0.717) is 6.54 Å². The van der Waals surface area contributed by atoms with Gasteiger partial charge in [-0.1, -0.05) is 0 Å². The van der Waals surface area contributed by atoms with E-state index in [1.165, 1.54) is 0 Å². The van der Waals surface area contributed by atoms with Gasteiger partial charge in [0.15, 0.2) is 5.82 Å². The van der Waals surface area contributed by atoms with Gasteiger partial charge >= 0.3 is 0 Å². The summed E-state index contributed by atoms with van der Waals surface area (Å²) in [6.45, 7) is 2.34. The van der Waals surface area contributed by atoms with Crippen molar-refractivity contribution >= 4 is 5.82 Å². The molecule has 0 aliphatic rings. The first-order valence-corrected chi connectivity index (χ1v) is 4.54. The Balaban J connectivity index is 2.93. The van der Waals surface area contributed by atoms with E-state index in [-0.39, 0.29) is 12.6 Å². The van der Waals surface area contributed by atoms with Crippen molar-refractivity contribution in [1.29, 1.82) is 0 Å². The van der Waals surface area contributed by atoms with E-state index >= 15 is 0 Å². The van der Waals surface area contributed by atoms with Crippen LogP contribution in [0.5, 0.6) is 0 Å². The van der Waals surface area contributed by atoms with E-state index < -0.39 is 0 Å². The number of aliphatic hydroxyl groups is 1. The van der Waals surface area contributed by atoms with Crippen LogP contribution in [0.15, 0.2) is 12.4 Å². The van der Waals surface area contributed by atoms with E-state index in [4.69, 9.17) is 10.8 Å². The van der Waals surface area contributed by atoms with Crippen molar-refractivity contribution in [3.05, 3.63) is 18.1 Å². The summed E-state index contributed by atoms with van der Waals surface area (Å²) in [5.74, 6) is 0.733. The minimum Gasteiger partial charge on any atom is -0.394 e. The summed E-state index contributed by atoms with van der Waals surface area (Å²) in [5, 5.41) is 9.01. The molecular formula is C9H16N4O. The van der Waals surface area contributed by atoms with E-state index in [9.17, 15) is 0 Å². The molecule has 0 radical (unpaired) electrons. The van der Waals surface area contributed by atoms with Crippen molar-refractivity contribution in [2.45, 2.75) is 19.5 Å². The Bertz CT molecular complexity index is 292. The molecule has 0 saturated carbocycles. The lowest BCUT2D eigenvalue weighted by atomic mass is 10.3. The van der Waals surface area contributed by atoms with Gasteiger partial charge in [0.2, 0.25) is 0 Å². The largest absolute Gasteiger partial charge is 0.394 e. The van der Waals surface area contributed by atoms with Crippen molar-refractivity contribution in [2.24, 2.45) is 5.73 Å². The molecule has 0 fully saturated rings. The first-order chi connectivity index (χ1) is 6.70. The standard InChI is InChI=1S/C9H16N4O/c1-7(6-14)13(2)9-8(5-10)11-3-4-12-9/h3-4,7,14H,5-6,10H2,1-2H3. The molecular weight excluding hydrogens is 180 g/mol. The van der Waals surface area contributed by atoms with Gasteiger partial charge < -0.3 is 15.7 Å². The highest BCUT2D eigenvalue weighted by molar-refractivity contribution is 5.42. The first kappa shape index (κ1) is 10.9. The summed E-state index contributed by atoms with van der Waals surface area (Å²) >= 11 is 0. The second-order valence-corrected chi connectivity index (χ2v) is 3.17. The van der Waals surface area contributed by atoms with Gasteiger partial charge in [-0.25, -0.2) is 4.98 Å². The summed E-state index contributed by atoms with van der Waals surface area (Å²) in [6, 6.07) is 0.0111. The number of nitrogens with zero attached hydrogens (tertiary/aromatic N) is 3. The van der Waals surface area contributed by atoms with Crippen LogP contribution >= 0.6 is 0 Å². The van der Waals surface area contributed by atoms with Gasteiger partial charge in [0.1, 0.15) is 0 Å². The van der Waals surface area contributed by atoms with Gasteiger partial charge in [0.05, 0.1) is 18.3 Å². The summed E-state index contributed by atoms with van der Waals surface area (Å²) < 4.78 is 0. The van der Waals surface area contributed by atoms with Gasteiger partial charge in [-0.15, -0.1) is 0 Å². The summed E-state index contributed by atoms with van der Waals surface area (Å²) in [5.41, 5.74) is 6.28. The topological polar surface area (TPSA) is 75.3 Å². The molecule has 5 nitrogen and oxygen atoms in total. The maximum absolute atomic E-state index is 9.01. The van der Waals surface area contributed by atoms with Crippen molar-refractivity contribution < 1.29 is 5.11 Å². The monoisotopic (exact) mass is 196 g/mol. The summed E-state index contributed by atoms with van der Waals surface area (Å²) in [7, 11) is 1.87. The molecule has 0 aromatic carbocycles. The Hall–Kier alpha value is -1.20. The average molecular weight is 196 g/mol. The fraction of sp³-hybridized carbons (Fsp3) is 0.556. The molecule has 1 heterocycles. The number of aliphatic hydroxyl groups excluding tert-OH is 1. The van der Waals surface area contributed by atoms with Crippen LogP contribution in [0.3, 0.4) is 0 Å². The zero-order chi connectivity index (χ0) is 10.6. The second kappa shape index (κ2) is 4.88. The number of anilines is 1. The second-order valence-electron chi connectivity index (χ2n) is 3.17. The fourth-order valence-corrected chi connectivity index (χ4v) is 1.13. The number of rotatable bonds is 4. The molecule has 0 saturated heterocycles. The highest BCUT2D eigenvalue weighted by Crippen LogP contribution is 2.14. The zero-order valence-corrected chi connectivity index (χ0v) is 8.51. The molecule has 0 aliphatic carbocycles. The SMILES string of the molecule is CC(CO)N(C)c1nccnc1CN. The Morgan fingerprint density at radius 3 is 2.71 bits per heavy atom. The number of likely N-dealkylation sites (N-methyl/N-ethyl adjacent to an activating group) is 1. The van der Waals surface area contributed by atoms with E-state index in [1.807, 2.05) is 18.9 Å². The zero-order valence-electron chi connectivity index (χ0n) is 8.51. The number of nitrogens with two attached hydrogens (primary N) is 1. The van der Waals surface area contributed by atoms with E-state index in [0.717, 1.165) is 11.5 Å². The molecule has 1 atom stereocenters. The maximum atomic E-state index is 9.01. The van der Waals surface area contributed by atoms with Gasteiger partial charge in [-0.2, -0.15) is 0 Å². The van der Waals surface area contributed by atoms with Crippen LogP contribution in [0.2, 0.25) is 0 Å². The normalized spacial score (nSPS) is 12.6. The molecule has 1 aromatic heterocycles. The van der Waals surface area contributed by atoms with Crippen molar-refractivity contribution in [3.63, 3.8) is 0 Å². The predicted octanol–water partition coefficient (Wildman–Crippen LogP) is -0.248. The van der Waals surface area contributed by atoms with Crippen LogP contribution in [-0.4, -0.2) is 34.8 Å². The predicted molar refractivity (Wildman–Crippen MR) is 54.9 cm³/mol. The Labute approximate surface area is 83.6 Å². The Kier molecular flexibility index (Phi) is 3.79. The first-order valence-electron chi connectivity index (χ1n) is 4.54. The van der Waals surface area contributed by atoms with Gasteiger partial charge in [-0.05, 0) is 6.92 Å². The highest BCUT2D eigenvalue weighted by Gasteiger charge is 2.13. The minimum atomic E-state index is 0.0111. The lowest BCUT2D eigenvalue weighted by Crippen LogP contribution is -2.33. The lowest BCUT2D eigenvalue weighted by molar-refractivity contribution is 0.269. The maximum Gasteiger partial charge on any atom is 0.151 e. The molecule has 1 unspecified atom stereocenters. The molecule has 1 aromatic rings. The van der Waals surface area contributed by atoms with Crippen LogP contribution in [0, 0.1) is 0 Å². The lowest BCUT2D eigenvalue weighted by Gasteiger charge is -2.25. The van der Waals surface area contributed by atoms with Crippen LogP contribution < -0.4 is 10.6 Å². The molecule has 1 rings (SSSR count). The van der Waals surface area contributed by atoms with E-state index in [1.54, 1.807) is 12.4 Å². The summed E-state index contributed by atoms with van der Waals surface area (Å²) in [6.07, 6.45) is 3.23. The molecule has 0 aliphatic heterocycles. The third kappa shape index (κ3) is 2.18. The van der Waals surface area contributed by atoms with Gasteiger partial charge in [-0.3, -0.25) is 4.98 Å². The third-order valence-corrected chi connectivity index (χ3v) is 2.20. The van der Waals surface area contributed by atoms with Crippen LogP contribution in [0.1, 0.15) is 12.6 Å². The van der Waals surface area contributed by atoms with Crippen LogP contribution in [0.25, 0.3) is 0 Å². The summed E-state index contributed by atoms with van der Waals surface area (Å²) in [4.78, 5) is 10.2. The van der Waals surface area contributed by atoms with Crippen LogP contribution in [0.4, 0.5) is 5.82 Å². The smallest absolute Gasteiger partial charge is 0.151 e. The molecule has 3 N–H and O–H groups in total. The number of hydrogen-bond acceptors (Lipinski definition) is 5. The highest BCUT2D eigenvalue weighted by atomic mass is 16.3. The van der Waals surface area contributed by atoms with Gasteiger partial charge in [0, 0.05) is 26.0 Å². The Morgan fingerprint density at radius 2 is 2.14 bits per heavy atom.